The molecule has 0 fully saturated rings. The summed E-state index contributed by atoms with van der Waals surface area (Å²) in [5, 5.41) is 9.23. The molecule has 0 radical (unpaired) electrons. The Balaban J connectivity index is 2.11. The van der Waals surface area contributed by atoms with Crippen LogP contribution in [0.25, 0.3) is 0 Å². The van der Waals surface area contributed by atoms with E-state index in [0.717, 1.165) is 16.5 Å². The smallest absolute Gasteiger partial charge is 0.339 e. The highest BCUT2D eigenvalue weighted by Crippen LogP contribution is 2.28. The zero-order valence-corrected chi connectivity index (χ0v) is 12.7. The van der Waals surface area contributed by atoms with Crippen LogP contribution in [0.2, 0.25) is 0 Å². The first-order valence-corrected chi connectivity index (χ1v) is 7.07. The maximum absolute atomic E-state index is 11.3. The summed E-state index contributed by atoms with van der Waals surface area (Å²) >= 11 is 3.30. The van der Waals surface area contributed by atoms with Crippen LogP contribution in [-0.4, -0.2) is 17.7 Å². The number of carboxylic acids is 1. The zero-order valence-electron chi connectivity index (χ0n) is 11.1. The number of hydrogen-bond acceptors (Lipinski definition) is 2. The molecular formula is C16H15BrO3. The molecule has 2 aromatic carbocycles. The van der Waals surface area contributed by atoms with Crippen molar-refractivity contribution < 1.29 is 14.6 Å². The zero-order chi connectivity index (χ0) is 14.5. The lowest BCUT2D eigenvalue weighted by atomic mass is 10.1. The molecule has 2 aromatic rings. The Morgan fingerprint density at radius 2 is 1.95 bits per heavy atom. The van der Waals surface area contributed by atoms with E-state index in [1.54, 1.807) is 6.07 Å². The molecule has 0 unspecified atom stereocenters. The maximum atomic E-state index is 11.3. The van der Waals surface area contributed by atoms with Gasteiger partial charge >= 0.3 is 5.97 Å². The van der Waals surface area contributed by atoms with E-state index >= 15 is 0 Å². The summed E-state index contributed by atoms with van der Waals surface area (Å²) in [4.78, 5) is 11.3. The molecule has 4 heteroatoms. The summed E-state index contributed by atoms with van der Waals surface area (Å²) in [6, 6.07) is 13.4. The number of rotatable bonds is 5. The van der Waals surface area contributed by atoms with Crippen molar-refractivity contribution in [3.8, 4) is 5.75 Å². The SMILES string of the molecule is Cc1cc(Br)cc(C(=O)O)c1OCCc1ccccc1. The second-order valence-corrected chi connectivity index (χ2v) is 5.40. The average Bonchev–Trinajstić information content (AvgIpc) is 2.41. The van der Waals surface area contributed by atoms with Crippen LogP contribution >= 0.6 is 15.9 Å². The maximum Gasteiger partial charge on any atom is 0.339 e. The first-order valence-electron chi connectivity index (χ1n) is 6.28. The molecule has 3 nitrogen and oxygen atoms in total. The summed E-state index contributed by atoms with van der Waals surface area (Å²) in [5.41, 5.74) is 2.16. The van der Waals surface area contributed by atoms with E-state index in [4.69, 9.17) is 4.74 Å². The van der Waals surface area contributed by atoms with Gasteiger partial charge in [0.15, 0.2) is 0 Å². The van der Waals surface area contributed by atoms with Gasteiger partial charge in [0.05, 0.1) is 6.61 Å². The van der Waals surface area contributed by atoms with Crippen LogP contribution in [-0.2, 0) is 6.42 Å². The Kier molecular flexibility index (Phi) is 4.79. The van der Waals surface area contributed by atoms with Gasteiger partial charge in [0.1, 0.15) is 11.3 Å². The van der Waals surface area contributed by atoms with Crippen LogP contribution in [0.3, 0.4) is 0 Å². The lowest BCUT2D eigenvalue weighted by Crippen LogP contribution is -2.08. The second-order valence-electron chi connectivity index (χ2n) is 4.49. The standard InChI is InChI=1S/C16H15BrO3/c1-11-9-13(17)10-14(16(18)19)15(11)20-8-7-12-5-3-2-4-6-12/h2-6,9-10H,7-8H2,1H3,(H,18,19). The summed E-state index contributed by atoms with van der Waals surface area (Å²) in [6.45, 7) is 2.29. The van der Waals surface area contributed by atoms with Crippen molar-refractivity contribution in [3.05, 3.63) is 63.6 Å². The van der Waals surface area contributed by atoms with Crippen LogP contribution in [0.1, 0.15) is 21.5 Å². The molecule has 0 aromatic heterocycles. The molecule has 0 amide bonds. The monoisotopic (exact) mass is 334 g/mol. The van der Waals surface area contributed by atoms with Crippen molar-refractivity contribution >= 4 is 21.9 Å². The minimum Gasteiger partial charge on any atom is -0.492 e. The van der Waals surface area contributed by atoms with Crippen LogP contribution in [0, 0.1) is 6.92 Å². The molecule has 0 aliphatic carbocycles. The predicted octanol–water partition coefficient (Wildman–Crippen LogP) is 4.08. The van der Waals surface area contributed by atoms with Gasteiger partial charge in [0, 0.05) is 10.9 Å². The number of ether oxygens (including phenoxy) is 1. The molecule has 0 aliphatic rings. The molecule has 0 aliphatic heterocycles. The molecule has 2 rings (SSSR count). The van der Waals surface area contributed by atoms with Crippen LogP contribution in [0.5, 0.6) is 5.75 Å². The van der Waals surface area contributed by atoms with Gasteiger partial charge in [-0.15, -0.1) is 0 Å². The number of carboxylic acid groups (broad SMARTS) is 1. The molecule has 104 valence electrons. The van der Waals surface area contributed by atoms with Crippen molar-refractivity contribution in [2.45, 2.75) is 13.3 Å². The Labute approximate surface area is 126 Å². The van der Waals surface area contributed by atoms with E-state index in [1.165, 1.54) is 5.56 Å². The molecule has 0 heterocycles. The van der Waals surface area contributed by atoms with Crippen molar-refractivity contribution in [1.29, 1.82) is 0 Å². The fraction of sp³-hybridized carbons (Fsp3) is 0.188. The van der Waals surface area contributed by atoms with E-state index in [9.17, 15) is 9.90 Å². The lowest BCUT2D eigenvalue weighted by Gasteiger charge is -2.12. The van der Waals surface area contributed by atoms with Gasteiger partial charge in [-0.1, -0.05) is 46.3 Å². The minimum absolute atomic E-state index is 0.185. The summed E-state index contributed by atoms with van der Waals surface area (Å²) < 4.78 is 6.43. The highest BCUT2D eigenvalue weighted by atomic mass is 79.9. The van der Waals surface area contributed by atoms with Crippen LogP contribution in [0.15, 0.2) is 46.9 Å². The quantitative estimate of drug-likeness (QED) is 0.896. The molecule has 0 bridgehead atoms. The van der Waals surface area contributed by atoms with E-state index in [0.29, 0.717) is 12.4 Å². The van der Waals surface area contributed by atoms with Crippen LogP contribution < -0.4 is 4.74 Å². The topological polar surface area (TPSA) is 46.5 Å². The van der Waals surface area contributed by atoms with E-state index in [1.807, 2.05) is 43.3 Å². The third-order valence-corrected chi connectivity index (χ3v) is 3.41. The Morgan fingerprint density at radius 1 is 1.25 bits per heavy atom. The predicted molar refractivity (Wildman–Crippen MR) is 81.5 cm³/mol. The normalized spacial score (nSPS) is 10.3. The number of aryl methyl sites for hydroxylation is 1. The lowest BCUT2D eigenvalue weighted by molar-refractivity contribution is 0.0692. The van der Waals surface area contributed by atoms with Gasteiger partial charge in [-0.2, -0.15) is 0 Å². The van der Waals surface area contributed by atoms with Gasteiger partial charge in [0.25, 0.3) is 0 Å². The summed E-state index contributed by atoms with van der Waals surface area (Å²) in [7, 11) is 0. The Hall–Kier alpha value is -1.81. The van der Waals surface area contributed by atoms with Gasteiger partial charge in [-0.05, 0) is 30.2 Å². The minimum atomic E-state index is -0.982. The number of halogens is 1. The number of aromatic carboxylic acids is 1. The Bertz CT molecular complexity index is 609. The molecule has 0 saturated carbocycles. The molecule has 20 heavy (non-hydrogen) atoms. The summed E-state index contributed by atoms with van der Waals surface area (Å²) in [5.74, 6) is -0.541. The highest BCUT2D eigenvalue weighted by Gasteiger charge is 2.15. The Morgan fingerprint density at radius 3 is 2.60 bits per heavy atom. The van der Waals surface area contributed by atoms with Crippen LogP contribution in [0.4, 0.5) is 0 Å². The van der Waals surface area contributed by atoms with Crippen molar-refractivity contribution in [2.75, 3.05) is 6.61 Å². The first-order chi connectivity index (χ1) is 9.58. The van der Waals surface area contributed by atoms with Crippen molar-refractivity contribution in [2.24, 2.45) is 0 Å². The second kappa shape index (κ2) is 6.57. The van der Waals surface area contributed by atoms with Gasteiger partial charge in [0.2, 0.25) is 0 Å². The van der Waals surface area contributed by atoms with Gasteiger partial charge < -0.3 is 9.84 Å². The number of hydrogen-bond donors (Lipinski definition) is 1. The van der Waals surface area contributed by atoms with Gasteiger partial charge in [-0.25, -0.2) is 4.79 Å². The highest BCUT2D eigenvalue weighted by molar-refractivity contribution is 9.10. The third kappa shape index (κ3) is 3.61. The van der Waals surface area contributed by atoms with E-state index < -0.39 is 5.97 Å². The average molecular weight is 335 g/mol. The fourth-order valence-corrected chi connectivity index (χ4v) is 2.57. The molecule has 0 spiro atoms. The number of benzene rings is 2. The number of carbonyl (C=O) groups is 1. The largest absolute Gasteiger partial charge is 0.492 e. The molecule has 0 atom stereocenters. The van der Waals surface area contributed by atoms with Crippen molar-refractivity contribution in [3.63, 3.8) is 0 Å². The van der Waals surface area contributed by atoms with Crippen molar-refractivity contribution in [1.82, 2.24) is 0 Å². The van der Waals surface area contributed by atoms with E-state index in [-0.39, 0.29) is 5.56 Å². The van der Waals surface area contributed by atoms with Gasteiger partial charge in [-0.3, -0.25) is 0 Å². The first kappa shape index (κ1) is 14.6. The fourth-order valence-electron chi connectivity index (χ4n) is 2.00. The summed E-state index contributed by atoms with van der Waals surface area (Å²) in [6.07, 6.45) is 0.745. The molecule has 0 saturated heterocycles. The third-order valence-electron chi connectivity index (χ3n) is 2.95. The molecule has 1 N–H and O–H groups in total. The van der Waals surface area contributed by atoms with E-state index in [2.05, 4.69) is 15.9 Å². The molecular weight excluding hydrogens is 320 g/mol.